The Balaban J connectivity index is 1.60. The van der Waals surface area contributed by atoms with Crippen LogP contribution in [0.2, 0.25) is 0 Å². The number of aromatic nitrogens is 1. The van der Waals surface area contributed by atoms with E-state index in [1.54, 1.807) is 24.3 Å². The number of piperidine rings is 1. The van der Waals surface area contributed by atoms with E-state index >= 15 is 0 Å². The lowest BCUT2D eigenvalue weighted by molar-refractivity contribution is -0.114. The van der Waals surface area contributed by atoms with Crippen LogP contribution in [0.15, 0.2) is 29.6 Å². The molecule has 2 aromatic rings. The molecule has 1 aliphatic rings. The lowest BCUT2D eigenvalue weighted by Crippen LogP contribution is -2.33. The van der Waals surface area contributed by atoms with E-state index in [2.05, 4.69) is 27.4 Å². The van der Waals surface area contributed by atoms with Gasteiger partial charge in [0.25, 0.3) is 5.91 Å². The van der Waals surface area contributed by atoms with Gasteiger partial charge in [0.05, 0.1) is 5.69 Å². The zero-order valence-electron chi connectivity index (χ0n) is 15.1. The molecule has 1 unspecified atom stereocenters. The van der Waals surface area contributed by atoms with Gasteiger partial charge in [-0.2, -0.15) is 0 Å². The Morgan fingerprint density at radius 3 is 2.96 bits per heavy atom. The van der Waals surface area contributed by atoms with Crippen molar-refractivity contribution in [2.75, 3.05) is 23.7 Å². The minimum Gasteiger partial charge on any atom is -0.326 e. The summed E-state index contributed by atoms with van der Waals surface area (Å²) in [5.41, 5.74) is 2.08. The fourth-order valence-corrected chi connectivity index (χ4v) is 3.90. The zero-order chi connectivity index (χ0) is 18.5. The Bertz CT molecular complexity index is 789. The molecule has 1 saturated heterocycles. The minimum absolute atomic E-state index is 0.167. The number of carbonyl (C=O) groups excluding carboxylic acids is 2. The molecular weight excluding hydrogens is 348 g/mol. The first-order valence-electron chi connectivity index (χ1n) is 8.85. The summed E-state index contributed by atoms with van der Waals surface area (Å²) in [6.45, 7) is 6.77. The quantitative estimate of drug-likeness (QED) is 0.841. The van der Waals surface area contributed by atoms with Gasteiger partial charge in [0, 0.05) is 36.6 Å². The second kappa shape index (κ2) is 8.42. The van der Waals surface area contributed by atoms with Crippen molar-refractivity contribution in [1.29, 1.82) is 0 Å². The Morgan fingerprint density at radius 2 is 2.19 bits per heavy atom. The molecule has 1 fully saturated rings. The van der Waals surface area contributed by atoms with E-state index in [0.717, 1.165) is 31.2 Å². The van der Waals surface area contributed by atoms with Gasteiger partial charge >= 0.3 is 0 Å². The maximum atomic E-state index is 12.4. The predicted molar refractivity (Wildman–Crippen MR) is 104 cm³/mol. The summed E-state index contributed by atoms with van der Waals surface area (Å²) >= 11 is 1.44. The van der Waals surface area contributed by atoms with Gasteiger partial charge in [0.2, 0.25) is 5.91 Å². The van der Waals surface area contributed by atoms with Crippen molar-refractivity contribution in [3.8, 4) is 0 Å². The van der Waals surface area contributed by atoms with Gasteiger partial charge in [-0.25, -0.2) is 4.98 Å². The fourth-order valence-electron chi connectivity index (χ4n) is 3.21. The van der Waals surface area contributed by atoms with E-state index in [1.807, 2.05) is 5.38 Å². The monoisotopic (exact) mass is 372 g/mol. The number of amides is 2. The summed E-state index contributed by atoms with van der Waals surface area (Å²) in [5, 5.41) is 8.12. The third kappa shape index (κ3) is 5.12. The van der Waals surface area contributed by atoms with Gasteiger partial charge in [-0.3, -0.25) is 19.8 Å². The van der Waals surface area contributed by atoms with Crippen LogP contribution < -0.4 is 10.6 Å². The normalized spacial score (nSPS) is 17.7. The molecule has 1 atom stereocenters. The topological polar surface area (TPSA) is 74.3 Å². The second-order valence-electron chi connectivity index (χ2n) is 6.84. The summed E-state index contributed by atoms with van der Waals surface area (Å²) in [4.78, 5) is 30.5. The number of anilines is 2. The van der Waals surface area contributed by atoms with Crippen molar-refractivity contribution in [2.24, 2.45) is 5.92 Å². The van der Waals surface area contributed by atoms with E-state index in [4.69, 9.17) is 0 Å². The van der Waals surface area contributed by atoms with E-state index in [0.29, 0.717) is 16.4 Å². The molecule has 3 rings (SSSR count). The molecule has 2 N–H and O–H groups in total. The van der Waals surface area contributed by atoms with Gasteiger partial charge in [0.15, 0.2) is 5.13 Å². The highest BCUT2D eigenvalue weighted by atomic mass is 32.1. The lowest BCUT2D eigenvalue weighted by Gasteiger charge is -2.30. The van der Waals surface area contributed by atoms with Crippen LogP contribution in [-0.2, 0) is 11.3 Å². The third-order valence-corrected chi connectivity index (χ3v) is 5.15. The summed E-state index contributed by atoms with van der Waals surface area (Å²) in [6.07, 6.45) is 2.53. The Labute approximate surface area is 157 Å². The van der Waals surface area contributed by atoms with Crippen molar-refractivity contribution in [2.45, 2.75) is 33.2 Å². The number of carbonyl (C=O) groups is 2. The third-order valence-electron chi connectivity index (χ3n) is 4.34. The Morgan fingerprint density at radius 1 is 1.35 bits per heavy atom. The molecule has 1 aromatic heterocycles. The lowest BCUT2D eigenvalue weighted by atomic mass is 10.0. The molecule has 0 bridgehead atoms. The van der Waals surface area contributed by atoms with Gasteiger partial charge in [-0.05, 0) is 43.5 Å². The van der Waals surface area contributed by atoms with Crippen molar-refractivity contribution < 1.29 is 9.59 Å². The molecule has 1 aromatic carbocycles. The Hall–Kier alpha value is -2.25. The number of likely N-dealkylation sites (tertiary alicyclic amines) is 1. The number of nitrogens with one attached hydrogen (secondary N) is 2. The standard InChI is InChI=1S/C19H24N4O2S/c1-13-5-4-8-23(10-13)11-17-12-26-19(21-17)22-18(25)15-6-3-7-16(9-15)20-14(2)24/h3,6-7,9,12-13H,4-5,8,10-11H2,1-2H3,(H,20,24)(H,21,22,25). The maximum absolute atomic E-state index is 12.4. The van der Waals surface area contributed by atoms with Gasteiger partial charge in [-0.1, -0.05) is 13.0 Å². The molecule has 26 heavy (non-hydrogen) atoms. The zero-order valence-corrected chi connectivity index (χ0v) is 15.9. The first-order valence-corrected chi connectivity index (χ1v) is 9.73. The van der Waals surface area contributed by atoms with Crippen molar-refractivity contribution in [1.82, 2.24) is 9.88 Å². The van der Waals surface area contributed by atoms with E-state index in [-0.39, 0.29) is 11.8 Å². The van der Waals surface area contributed by atoms with Crippen LogP contribution in [0.3, 0.4) is 0 Å². The van der Waals surface area contributed by atoms with Crippen LogP contribution in [-0.4, -0.2) is 34.8 Å². The first-order chi connectivity index (χ1) is 12.5. The molecule has 138 valence electrons. The molecule has 0 radical (unpaired) electrons. The first kappa shape index (κ1) is 18.5. The van der Waals surface area contributed by atoms with Crippen LogP contribution >= 0.6 is 11.3 Å². The molecule has 6 nitrogen and oxygen atoms in total. The van der Waals surface area contributed by atoms with Crippen LogP contribution in [0, 0.1) is 5.92 Å². The number of rotatable bonds is 5. The van der Waals surface area contributed by atoms with E-state index < -0.39 is 0 Å². The average Bonchev–Trinajstić information content (AvgIpc) is 3.01. The molecule has 7 heteroatoms. The molecule has 0 spiro atoms. The van der Waals surface area contributed by atoms with Crippen molar-refractivity contribution in [3.63, 3.8) is 0 Å². The fraction of sp³-hybridized carbons (Fsp3) is 0.421. The summed E-state index contributed by atoms with van der Waals surface area (Å²) in [5.74, 6) is 0.335. The maximum Gasteiger partial charge on any atom is 0.257 e. The largest absolute Gasteiger partial charge is 0.326 e. The number of thiazole rings is 1. The average molecular weight is 372 g/mol. The molecule has 2 amide bonds. The van der Waals surface area contributed by atoms with E-state index in [9.17, 15) is 9.59 Å². The summed E-state index contributed by atoms with van der Waals surface area (Å²) in [6, 6.07) is 6.86. The van der Waals surface area contributed by atoms with E-state index in [1.165, 1.54) is 31.1 Å². The summed E-state index contributed by atoms with van der Waals surface area (Å²) < 4.78 is 0. The molecule has 1 aliphatic heterocycles. The van der Waals surface area contributed by atoms with Gasteiger partial charge < -0.3 is 5.32 Å². The van der Waals surface area contributed by atoms with Crippen LogP contribution in [0.1, 0.15) is 42.7 Å². The molecule has 2 heterocycles. The molecule has 0 aliphatic carbocycles. The van der Waals surface area contributed by atoms with Crippen LogP contribution in [0.5, 0.6) is 0 Å². The summed E-state index contributed by atoms with van der Waals surface area (Å²) in [7, 11) is 0. The number of hydrogen-bond donors (Lipinski definition) is 2. The molecule has 0 saturated carbocycles. The SMILES string of the molecule is CC(=O)Nc1cccc(C(=O)Nc2nc(CN3CCCC(C)C3)cs2)c1. The number of benzene rings is 1. The van der Waals surface area contributed by atoms with Crippen LogP contribution in [0.4, 0.5) is 10.8 Å². The van der Waals surface area contributed by atoms with Crippen molar-refractivity contribution >= 4 is 34.0 Å². The van der Waals surface area contributed by atoms with Gasteiger partial charge in [-0.15, -0.1) is 11.3 Å². The van der Waals surface area contributed by atoms with Gasteiger partial charge in [0.1, 0.15) is 0 Å². The van der Waals surface area contributed by atoms with Crippen molar-refractivity contribution in [3.05, 3.63) is 40.9 Å². The number of hydrogen-bond acceptors (Lipinski definition) is 5. The predicted octanol–water partition coefficient (Wildman–Crippen LogP) is 3.59. The minimum atomic E-state index is -0.232. The number of nitrogens with zero attached hydrogens (tertiary/aromatic N) is 2. The second-order valence-corrected chi connectivity index (χ2v) is 7.70. The Kier molecular flexibility index (Phi) is 6.00. The molecular formula is C19H24N4O2S. The smallest absolute Gasteiger partial charge is 0.257 e. The van der Waals surface area contributed by atoms with Crippen LogP contribution in [0.25, 0.3) is 0 Å². The highest BCUT2D eigenvalue weighted by Crippen LogP contribution is 2.21. The highest BCUT2D eigenvalue weighted by molar-refractivity contribution is 7.13. The highest BCUT2D eigenvalue weighted by Gasteiger charge is 2.17.